The molecule has 3 rings (SSSR count). The highest BCUT2D eigenvalue weighted by molar-refractivity contribution is 5.90. The van der Waals surface area contributed by atoms with Crippen molar-refractivity contribution in [2.75, 3.05) is 18.4 Å². The Kier molecular flexibility index (Phi) is 5.66. The summed E-state index contributed by atoms with van der Waals surface area (Å²) in [6.45, 7) is 6.18. The number of hydrogen-bond acceptors (Lipinski definition) is 3. The van der Waals surface area contributed by atoms with Crippen LogP contribution in [0.3, 0.4) is 0 Å². The van der Waals surface area contributed by atoms with E-state index in [0.29, 0.717) is 6.04 Å². The zero-order chi connectivity index (χ0) is 17.6. The fourth-order valence-corrected chi connectivity index (χ4v) is 3.33. The van der Waals surface area contributed by atoms with Gasteiger partial charge in [0, 0.05) is 43.3 Å². The second-order valence-corrected chi connectivity index (χ2v) is 6.69. The minimum Gasteiger partial charge on any atom is -0.335 e. The van der Waals surface area contributed by atoms with E-state index in [9.17, 15) is 4.79 Å². The van der Waals surface area contributed by atoms with E-state index < -0.39 is 0 Å². The predicted molar refractivity (Wildman–Crippen MR) is 101 cm³/mol. The number of urea groups is 1. The number of likely N-dealkylation sites (tertiary alicyclic amines) is 1. The lowest BCUT2D eigenvalue weighted by molar-refractivity contribution is 0.154. The zero-order valence-electron chi connectivity index (χ0n) is 14.9. The first-order chi connectivity index (χ1) is 12.1. The number of nitrogens with zero attached hydrogens (tertiary/aromatic N) is 2. The molecule has 2 amide bonds. The van der Waals surface area contributed by atoms with Gasteiger partial charge in [0.05, 0.1) is 0 Å². The molecule has 25 heavy (non-hydrogen) atoms. The quantitative estimate of drug-likeness (QED) is 0.893. The first kappa shape index (κ1) is 17.4. The van der Waals surface area contributed by atoms with Crippen LogP contribution >= 0.6 is 0 Å². The van der Waals surface area contributed by atoms with Gasteiger partial charge in [0.1, 0.15) is 0 Å². The lowest BCUT2D eigenvalue weighted by Gasteiger charge is -2.36. The van der Waals surface area contributed by atoms with Gasteiger partial charge in [-0.25, -0.2) is 4.79 Å². The lowest BCUT2D eigenvalue weighted by atomic mass is 10.0. The van der Waals surface area contributed by atoms with Crippen molar-refractivity contribution in [1.29, 1.82) is 0 Å². The fourth-order valence-electron chi connectivity index (χ4n) is 3.33. The normalized spacial score (nSPS) is 17.0. The Morgan fingerprint density at radius 2 is 1.92 bits per heavy atom. The number of hydrogen-bond donors (Lipinski definition) is 2. The van der Waals surface area contributed by atoms with Gasteiger partial charge in [0.25, 0.3) is 0 Å². The molecule has 0 aliphatic carbocycles. The predicted octanol–water partition coefficient (Wildman–Crippen LogP) is 3.74. The van der Waals surface area contributed by atoms with Crippen molar-refractivity contribution in [3.8, 4) is 0 Å². The Hall–Kier alpha value is -2.40. The topological polar surface area (TPSA) is 57.3 Å². The van der Waals surface area contributed by atoms with Gasteiger partial charge < -0.3 is 10.6 Å². The van der Waals surface area contributed by atoms with Crippen molar-refractivity contribution >= 4 is 11.7 Å². The van der Waals surface area contributed by atoms with Gasteiger partial charge in [-0.15, -0.1) is 0 Å². The van der Waals surface area contributed by atoms with Crippen molar-refractivity contribution in [3.63, 3.8) is 0 Å². The van der Waals surface area contributed by atoms with Crippen LogP contribution in [0.15, 0.2) is 48.8 Å². The number of pyridine rings is 1. The maximum atomic E-state index is 12.2. The number of piperidine rings is 1. The molecule has 1 aromatic carbocycles. The summed E-state index contributed by atoms with van der Waals surface area (Å²) in [5.41, 5.74) is 3.12. The highest BCUT2D eigenvalue weighted by Crippen LogP contribution is 2.24. The first-order valence-electron chi connectivity index (χ1n) is 8.90. The van der Waals surface area contributed by atoms with Gasteiger partial charge in [-0.05, 0) is 43.9 Å². The molecule has 0 unspecified atom stereocenters. The van der Waals surface area contributed by atoms with Crippen molar-refractivity contribution in [2.24, 2.45) is 0 Å². The van der Waals surface area contributed by atoms with Crippen LogP contribution in [0.2, 0.25) is 0 Å². The van der Waals surface area contributed by atoms with Gasteiger partial charge in [-0.3, -0.25) is 9.88 Å². The summed E-state index contributed by atoms with van der Waals surface area (Å²) in [7, 11) is 0. The van der Waals surface area contributed by atoms with E-state index in [4.69, 9.17) is 0 Å². The molecule has 1 atom stereocenters. The monoisotopic (exact) mass is 338 g/mol. The van der Waals surface area contributed by atoms with Gasteiger partial charge in [-0.1, -0.05) is 30.3 Å². The van der Waals surface area contributed by atoms with E-state index in [1.54, 1.807) is 12.4 Å². The number of nitrogens with one attached hydrogen (secondary N) is 2. The third-order valence-corrected chi connectivity index (χ3v) is 4.96. The molecule has 132 valence electrons. The van der Waals surface area contributed by atoms with E-state index in [2.05, 4.69) is 57.8 Å². The molecule has 1 aliphatic rings. The summed E-state index contributed by atoms with van der Waals surface area (Å²) in [5, 5.41) is 6.01. The number of amides is 2. The number of anilines is 1. The molecule has 0 saturated carbocycles. The molecule has 1 fully saturated rings. The summed E-state index contributed by atoms with van der Waals surface area (Å²) in [6, 6.07) is 12.9. The summed E-state index contributed by atoms with van der Waals surface area (Å²) >= 11 is 0. The maximum absolute atomic E-state index is 12.2. The minimum atomic E-state index is -0.135. The minimum absolute atomic E-state index is 0.135. The molecule has 0 spiro atoms. The summed E-state index contributed by atoms with van der Waals surface area (Å²) < 4.78 is 0. The molecule has 2 heterocycles. The lowest BCUT2D eigenvalue weighted by Crippen LogP contribution is -2.46. The van der Waals surface area contributed by atoms with Crippen molar-refractivity contribution in [2.45, 2.75) is 38.8 Å². The Bertz CT molecular complexity index is 696. The highest BCUT2D eigenvalue weighted by atomic mass is 16.2. The molecule has 2 aromatic rings. The summed E-state index contributed by atoms with van der Waals surface area (Å²) in [4.78, 5) is 18.7. The van der Waals surface area contributed by atoms with Crippen LogP contribution in [0.5, 0.6) is 0 Å². The van der Waals surface area contributed by atoms with E-state index in [1.165, 1.54) is 5.56 Å². The van der Waals surface area contributed by atoms with Crippen LogP contribution in [0.25, 0.3) is 0 Å². The largest absolute Gasteiger partial charge is 0.335 e. The van der Waals surface area contributed by atoms with Crippen molar-refractivity contribution < 1.29 is 4.79 Å². The fraction of sp³-hybridized carbons (Fsp3) is 0.400. The molecule has 1 saturated heterocycles. The second kappa shape index (κ2) is 8.12. The van der Waals surface area contributed by atoms with E-state index in [0.717, 1.165) is 37.2 Å². The van der Waals surface area contributed by atoms with Crippen LogP contribution in [-0.4, -0.2) is 35.0 Å². The average molecular weight is 338 g/mol. The van der Waals surface area contributed by atoms with Gasteiger partial charge >= 0.3 is 6.03 Å². The van der Waals surface area contributed by atoms with Gasteiger partial charge in [-0.2, -0.15) is 0 Å². The van der Waals surface area contributed by atoms with Crippen molar-refractivity contribution in [1.82, 2.24) is 15.2 Å². The Morgan fingerprint density at radius 3 is 2.60 bits per heavy atom. The third-order valence-electron chi connectivity index (χ3n) is 4.96. The van der Waals surface area contributed by atoms with E-state index in [-0.39, 0.29) is 12.1 Å². The molecule has 1 aromatic heterocycles. The average Bonchev–Trinajstić information content (AvgIpc) is 2.64. The SMILES string of the molecule is Cc1cnccc1NC(=O)NC1CCN([C@H](C)c2ccccc2)CC1. The molecule has 0 bridgehead atoms. The van der Waals surface area contributed by atoms with Gasteiger partial charge in [0.2, 0.25) is 0 Å². The van der Waals surface area contributed by atoms with E-state index >= 15 is 0 Å². The second-order valence-electron chi connectivity index (χ2n) is 6.69. The van der Waals surface area contributed by atoms with E-state index in [1.807, 2.05) is 13.0 Å². The van der Waals surface area contributed by atoms with Crippen molar-refractivity contribution in [3.05, 3.63) is 59.9 Å². The standard InChI is InChI=1S/C20H26N4O/c1-15-14-21-11-8-19(15)23-20(25)22-18-9-12-24(13-10-18)16(2)17-6-4-3-5-7-17/h3-8,11,14,16,18H,9-10,12-13H2,1-2H3,(H2,21,22,23,25)/t16-/m1/s1. The van der Waals surface area contributed by atoms with Crippen LogP contribution in [0.1, 0.15) is 36.9 Å². The molecule has 1 aliphatic heterocycles. The Balaban J connectivity index is 1.48. The van der Waals surface area contributed by atoms with Crippen LogP contribution in [-0.2, 0) is 0 Å². The number of aryl methyl sites for hydroxylation is 1. The third kappa shape index (κ3) is 4.57. The zero-order valence-corrected chi connectivity index (χ0v) is 14.9. The maximum Gasteiger partial charge on any atom is 0.319 e. The number of carbonyl (C=O) groups is 1. The smallest absolute Gasteiger partial charge is 0.319 e. The summed E-state index contributed by atoms with van der Waals surface area (Å²) in [5.74, 6) is 0. The highest BCUT2D eigenvalue weighted by Gasteiger charge is 2.24. The molecule has 2 N–H and O–H groups in total. The molecule has 0 radical (unpaired) electrons. The number of carbonyl (C=O) groups excluding carboxylic acids is 1. The molecule has 5 nitrogen and oxygen atoms in total. The van der Waals surface area contributed by atoms with Gasteiger partial charge in [0.15, 0.2) is 0 Å². The Morgan fingerprint density at radius 1 is 1.20 bits per heavy atom. The first-order valence-corrected chi connectivity index (χ1v) is 8.90. The molecular formula is C20H26N4O. The summed E-state index contributed by atoms with van der Waals surface area (Å²) in [6.07, 6.45) is 5.38. The van der Waals surface area contributed by atoms with Crippen LogP contribution in [0.4, 0.5) is 10.5 Å². The molecular weight excluding hydrogens is 312 g/mol. The Labute approximate surface area is 149 Å². The number of rotatable bonds is 4. The van der Waals surface area contributed by atoms with Crippen LogP contribution in [0, 0.1) is 6.92 Å². The molecule has 5 heteroatoms. The number of aromatic nitrogens is 1. The van der Waals surface area contributed by atoms with Crippen LogP contribution < -0.4 is 10.6 Å². The number of benzene rings is 1.